The summed E-state index contributed by atoms with van der Waals surface area (Å²) in [6.45, 7) is 2.58. The summed E-state index contributed by atoms with van der Waals surface area (Å²) in [6.07, 6.45) is 2.79. The first-order chi connectivity index (χ1) is 14.4. The van der Waals surface area contributed by atoms with Gasteiger partial charge in [0.2, 0.25) is 5.91 Å². The molecule has 1 amide bonds. The summed E-state index contributed by atoms with van der Waals surface area (Å²) in [6, 6.07) is 15.2. The molecule has 30 heavy (non-hydrogen) atoms. The van der Waals surface area contributed by atoms with Crippen LogP contribution in [0.5, 0.6) is 5.75 Å². The predicted octanol–water partition coefficient (Wildman–Crippen LogP) is 3.95. The Labute approximate surface area is 187 Å². The van der Waals surface area contributed by atoms with Gasteiger partial charge in [-0.15, -0.1) is 0 Å². The van der Waals surface area contributed by atoms with Crippen molar-refractivity contribution in [1.82, 2.24) is 10.2 Å². The fraction of sp³-hybridized carbons (Fsp3) is 0.435. The Balaban J connectivity index is 1.41. The molecule has 0 spiro atoms. The molecule has 1 heterocycles. The third kappa shape index (κ3) is 7.17. The number of amides is 1. The third-order valence-electron chi connectivity index (χ3n) is 5.35. The summed E-state index contributed by atoms with van der Waals surface area (Å²) < 4.78 is 5.76. The van der Waals surface area contributed by atoms with Crippen LogP contribution in [0.25, 0.3) is 0 Å². The zero-order valence-corrected chi connectivity index (χ0v) is 18.5. The van der Waals surface area contributed by atoms with E-state index in [4.69, 9.17) is 27.9 Å². The fourth-order valence-corrected chi connectivity index (χ4v) is 3.86. The topological polar surface area (TPSA) is 61.8 Å². The Morgan fingerprint density at radius 1 is 1.10 bits per heavy atom. The number of carbonyl (C=O) groups excluding carboxylic acids is 1. The van der Waals surface area contributed by atoms with Crippen molar-refractivity contribution in [2.24, 2.45) is 0 Å². The monoisotopic (exact) mass is 450 g/mol. The van der Waals surface area contributed by atoms with E-state index in [0.29, 0.717) is 48.3 Å². The largest absolute Gasteiger partial charge is 0.491 e. The number of hydrogen-bond acceptors (Lipinski definition) is 4. The van der Waals surface area contributed by atoms with E-state index in [1.54, 1.807) is 18.2 Å². The third-order valence-corrected chi connectivity index (χ3v) is 6.09. The van der Waals surface area contributed by atoms with E-state index in [1.165, 1.54) is 5.56 Å². The number of ether oxygens (including phenoxy) is 1. The number of hydrogen-bond donors (Lipinski definition) is 2. The summed E-state index contributed by atoms with van der Waals surface area (Å²) in [5, 5.41) is 14.8. The normalized spacial score (nSPS) is 19.8. The minimum absolute atomic E-state index is 0.0171. The summed E-state index contributed by atoms with van der Waals surface area (Å²) >= 11 is 11.9. The molecule has 0 radical (unpaired) electrons. The zero-order valence-electron chi connectivity index (χ0n) is 16.9. The minimum Gasteiger partial charge on any atom is -0.491 e. The van der Waals surface area contributed by atoms with E-state index < -0.39 is 5.60 Å². The second-order valence-corrected chi connectivity index (χ2v) is 8.62. The van der Waals surface area contributed by atoms with E-state index in [2.05, 4.69) is 22.3 Å². The van der Waals surface area contributed by atoms with E-state index in [0.717, 1.165) is 19.4 Å². The van der Waals surface area contributed by atoms with Crippen LogP contribution in [0, 0.1) is 0 Å². The molecular formula is C23H28Cl2N2O3. The van der Waals surface area contributed by atoms with Crippen LogP contribution in [0.2, 0.25) is 10.0 Å². The van der Waals surface area contributed by atoms with Crippen LogP contribution in [-0.4, -0.2) is 54.3 Å². The van der Waals surface area contributed by atoms with Gasteiger partial charge in [0.15, 0.2) is 0 Å². The lowest BCUT2D eigenvalue weighted by atomic mass is 9.96. The van der Waals surface area contributed by atoms with Crippen LogP contribution in [0.15, 0.2) is 48.5 Å². The molecule has 1 atom stereocenters. The molecule has 0 saturated carbocycles. The van der Waals surface area contributed by atoms with Gasteiger partial charge in [-0.1, -0.05) is 53.5 Å². The van der Waals surface area contributed by atoms with Crippen molar-refractivity contribution in [1.29, 1.82) is 0 Å². The first-order valence-electron chi connectivity index (χ1n) is 10.3. The molecule has 2 aromatic carbocycles. The van der Waals surface area contributed by atoms with Gasteiger partial charge >= 0.3 is 0 Å². The second kappa shape index (κ2) is 11.0. The number of carbonyl (C=O) groups is 1. The van der Waals surface area contributed by atoms with E-state index in [-0.39, 0.29) is 12.5 Å². The van der Waals surface area contributed by atoms with Crippen LogP contribution >= 0.6 is 23.2 Å². The summed E-state index contributed by atoms with van der Waals surface area (Å²) in [5.74, 6) is 0.597. The highest BCUT2D eigenvalue weighted by Gasteiger charge is 2.31. The van der Waals surface area contributed by atoms with Crippen LogP contribution in [0.1, 0.15) is 24.8 Å². The standard InChI is InChI=1S/C23H28Cl2N2O3/c24-20-8-7-19(15-21(20)25)30-17-23(29)10-4-13-27(14-11-23)16-22(28)26-12-9-18-5-2-1-3-6-18/h1-3,5-8,15,29H,4,9-14,16-17H2,(H,26,28)/t23-/m0/s1. The predicted molar refractivity (Wildman–Crippen MR) is 120 cm³/mol. The average molecular weight is 451 g/mol. The Morgan fingerprint density at radius 3 is 2.67 bits per heavy atom. The lowest BCUT2D eigenvalue weighted by Gasteiger charge is -2.27. The quantitative estimate of drug-likeness (QED) is 0.638. The van der Waals surface area contributed by atoms with Crippen molar-refractivity contribution in [2.75, 3.05) is 32.8 Å². The molecular weight excluding hydrogens is 423 g/mol. The molecule has 0 unspecified atom stereocenters. The number of likely N-dealkylation sites (tertiary alicyclic amines) is 1. The van der Waals surface area contributed by atoms with E-state index >= 15 is 0 Å². The molecule has 1 fully saturated rings. The summed E-state index contributed by atoms with van der Waals surface area (Å²) in [7, 11) is 0. The van der Waals surface area contributed by atoms with Gasteiger partial charge in [0, 0.05) is 19.2 Å². The molecule has 3 rings (SSSR count). The van der Waals surface area contributed by atoms with Crippen molar-refractivity contribution >= 4 is 29.1 Å². The maximum Gasteiger partial charge on any atom is 0.234 e. The number of halogens is 2. The van der Waals surface area contributed by atoms with E-state index in [9.17, 15) is 9.90 Å². The number of aliphatic hydroxyl groups is 1. The number of rotatable bonds is 8. The van der Waals surface area contributed by atoms with Gasteiger partial charge in [-0.05, 0) is 49.9 Å². The Bertz CT molecular complexity index is 834. The van der Waals surface area contributed by atoms with Crippen molar-refractivity contribution in [3.05, 3.63) is 64.1 Å². The van der Waals surface area contributed by atoms with Crippen LogP contribution in [0.3, 0.4) is 0 Å². The first kappa shape index (κ1) is 22.9. The van der Waals surface area contributed by atoms with Gasteiger partial charge in [0.25, 0.3) is 0 Å². The van der Waals surface area contributed by atoms with Crippen LogP contribution in [-0.2, 0) is 11.2 Å². The molecule has 2 aromatic rings. The molecule has 1 saturated heterocycles. The Kier molecular flexibility index (Phi) is 8.40. The van der Waals surface area contributed by atoms with Gasteiger partial charge in [-0.25, -0.2) is 0 Å². The van der Waals surface area contributed by atoms with Crippen LogP contribution in [0.4, 0.5) is 0 Å². The fourth-order valence-electron chi connectivity index (χ4n) is 3.57. The molecule has 1 aliphatic heterocycles. The molecule has 0 bridgehead atoms. The Hall–Kier alpha value is -1.79. The SMILES string of the molecule is O=C(CN1CCC[C@@](O)(COc2ccc(Cl)c(Cl)c2)CC1)NCCc1ccccc1. The zero-order chi connectivity index (χ0) is 21.4. The average Bonchev–Trinajstić information content (AvgIpc) is 2.92. The molecule has 7 heteroatoms. The van der Waals surface area contributed by atoms with Gasteiger partial charge in [-0.3, -0.25) is 9.69 Å². The van der Waals surface area contributed by atoms with E-state index in [1.807, 2.05) is 18.2 Å². The van der Waals surface area contributed by atoms with Gasteiger partial charge in [0.1, 0.15) is 12.4 Å². The molecule has 0 aromatic heterocycles. The van der Waals surface area contributed by atoms with Crippen molar-refractivity contribution in [3.8, 4) is 5.75 Å². The molecule has 5 nitrogen and oxygen atoms in total. The van der Waals surface area contributed by atoms with Crippen LogP contribution < -0.4 is 10.1 Å². The smallest absolute Gasteiger partial charge is 0.234 e. The molecule has 0 aliphatic carbocycles. The maximum atomic E-state index is 12.3. The lowest BCUT2D eigenvalue weighted by molar-refractivity contribution is -0.122. The summed E-state index contributed by atoms with van der Waals surface area (Å²) in [4.78, 5) is 14.4. The molecule has 1 aliphatic rings. The first-order valence-corrected chi connectivity index (χ1v) is 11.0. The van der Waals surface area contributed by atoms with Crippen molar-refractivity contribution in [3.63, 3.8) is 0 Å². The van der Waals surface area contributed by atoms with Gasteiger partial charge < -0.3 is 15.2 Å². The molecule has 2 N–H and O–H groups in total. The Morgan fingerprint density at radius 2 is 1.90 bits per heavy atom. The van der Waals surface area contributed by atoms with Gasteiger partial charge in [-0.2, -0.15) is 0 Å². The molecule has 162 valence electrons. The lowest BCUT2D eigenvalue weighted by Crippen LogP contribution is -2.40. The highest BCUT2D eigenvalue weighted by molar-refractivity contribution is 6.42. The van der Waals surface area contributed by atoms with Crippen molar-refractivity contribution < 1.29 is 14.6 Å². The number of nitrogens with zero attached hydrogens (tertiary/aromatic N) is 1. The summed E-state index contributed by atoms with van der Waals surface area (Å²) in [5.41, 5.74) is 0.282. The maximum absolute atomic E-state index is 12.3. The van der Waals surface area contributed by atoms with Gasteiger partial charge in [0.05, 0.1) is 22.2 Å². The minimum atomic E-state index is -0.926. The van der Waals surface area contributed by atoms with Crippen molar-refractivity contribution in [2.45, 2.75) is 31.3 Å². The highest BCUT2D eigenvalue weighted by Crippen LogP contribution is 2.28. The highest BCUT2D eigenvalue weighted by atomic mass is 35.5. The number of benzene rings is 2. The number of nitrogens with one attached hydrogen (secondary N) is 1. The second-order valence-electron chi connectivity index (χ2n) is 7.80.